The Bertz CT molecular complexity index is 529. The number of aliphatic hydroxyl groups is 2. The zero-order valence-electron chi connectivity index (χ0n) is 12.3. The van der Waals surface area contributed by atoms with Crippen LogP contribution in [0.3, 0.4) is 0 Å². The van der Waals surface area contributed by atoms with Gasteiger partial charge in [-0.3, -0.25) is 4.79 Å². The predicted octanol–water partition coefficient (Wildman–Crippen LogP) is -0.153. The second-order valence-corrected chi connectivity index (χ2v) is 4.99. The third-order valence-corrected chi connectivity index (χ3v) is 3.27. The highest BCUT2D eigenvalue weighted by Gasteiger charge is 2.31. The molecule has 1 heterocycles. The van der Waals surface area contributed by atoms with E-state index in [1.807, 2.05) is 0 Å². The number of nitrogens with one attached hydrogen (secondary N) is 2. The maximum Gasteiger partial charge on any atom is 0.238 e. The lowest BCUT2D eigenvalue weighted by atomic mass is 10.2. The van der Waals surface area contributed by atoms with Crippen molar-refractivity contribution in [2.75, 3.05) is 36.5 Å². The average molecular weight is 313 g/mol. The number of anilines is 2. The minimum Gasteiger partial charge on any atom is -0.395 e. The van der Waals surface area contributed by atoms with Gasteiger partial charge in [-0.05, 0) is 18.2 Å². The van der Waals surface area contributed by atoms with E-state index in [2.05, 4.69) is 10.6 Å². The average Bonchev–Trinajstić information content (AvgIpc) is 2.85. The lowest BCUT2D eigenvalue weighted by molar-refractivity contribution is -0.121. The number of amides is 1. The van der Waals surface area contributed by atoms with Gasteiger partial charge in [0.15, 0.2) is 0 Å². The van der Waals surface area contributed by atoms with Gasteiger partial charge in [0.25, 0.3) is 0 Å². The van der Waals surface area contributed by atoms with E-state index < -0.39 is 12.2 Å². The van der Waals surface area contributed by atoms with Gasteiger partial charge in [-0.15, -0.1) is 0 Å². The molecule has 1 amide bonds. The fourth-order valence-corrected chi connectivity index (χ4v) is 2.22. The first-order chi connectivity index (χ1) is 10.5. The summed E-state index contributed by atoms with van der Waals surface area (Å²) >= 11 is 0. The molecule has 8 heteroatoms. The van der Waals surface area contributed by atoms with Gasteiger partial charge in [-0.25, -0.2) is 4.39 Å². The maximum absolute atomic E-state index is 14.0. The molecule has 22 heavy (non-hydrogen) atoms. The number of ether oxygens (including phenoxy) is 1. The Balaban J connectivity index is 2.02. The first kappa shape index (κ1) is 16.5. The first-order valence-electron chi connectivity index (χ1n) is 7.00. The number of hydrogen-bond acceptors (Lipinski definition) is 6. The predicted molar refractivity (Wildman–Crippen MR) is 78.9 cm³/mol. The molecule has 4 N–H and O–H groups in total. The number of halogens is 1. The Morgan fingerprint density at radius 2 is 2.32 bits per heavy atom. The molecule has 0 aromatic heterocycles. The van der Waals surface area contributed by atoms with E-state index >= 15 is 0 Å². The standard InChI is InChI=1S/C14H20FN3O4/c1-9(20)17-7-11-8-18(14(21)22-11)10-2-3-13(12(15)6-10)16-4-5-19/h2-3,6,11,14,16,19,21H,4-5,7-8H2,1H3,(H,17,20)/t11-,14?/m0/s1. The van der Waals surface area contributed by atoms with Crippen LogP contribution in [0.4, 0.5) is 15.8 Å². The number of aliphatic hydroxyl groups excluding tert-OH is 2. The summed E-state index contributed by atoms with van der Waals surface area (Å²) in [7, 11) is 0. The first-order valence-corrected chi connectivity index (χ1v) is 7.00. The highest BCUT2D eigenvalue weighted by molar-refractivity contribution is 5.72. The zero-order valence-corrected chi connectivity index (χ0v) is 12.3. The number of rotatable bonds is 6. The van der Waals surface area contributed by atoms with Crippen molar-refractivity contribution in [3.8, 4) is 0 Å². The van der Waals surface area contributed by atoms with Gasteiger partial charge in [0, 0.05) is 25.7 Å². The molecule has 1 unspecified atom stereocenters. The molecule has 1 aromatic carbocycles. The summed E-state index contributed by atoms with van der Waals surface area (Å²) in [6.45, 7) is 2.18. The summed E-state index contributed by atoms with van der Waals surface area (Å²) in [5.41, 5.74) is 0.757. The second-order valence-electron chi connectivity index (χ2n) is 4.99. The van der Waals surface area contributed by atoms with Crippen LogP contribution in [0.1, 0.15) is 6.92 Å². The van der Waals surface area contributed by atoms with Gasteiger partial charge in [0.05, 0.1) is 24.9 Å². The highest BCUT2D eigenvalue weighted by Crippen LogP contribution is 2.27. The molecule has 1 aliphatic rings. The van der Waals surface area contributed by atoms with Crippen LogP contribution < -0.4 is 15.5 Å². The minimum atomic E-state index is -1.19. The van der Waals surface area contributed by atoms with Crippen LogP contribution in [-0.2, 0) is 9.53 Å². The van der Waals surface area contributed by atoms with Crippen molar-refractivity contribution in [2.45, 2.75) is 19.4 Å². The Hall–Kier alpha value is -1.90. The molecule has 0 aliphatic carbocycles. The molecule has 1 fully saturated rings. The van der Waals surface area contributed by atoms with Gasteiger partial charge in [0.2, 0.25) is 12.3 Å². The van der Waals surface area contributed by atoms with Gasteiger partial charge >= 0.3 is 0 Å². The van der Waals surface area contributed by atoms with Crippen molar-refractivity contribution in [1.82, 2.24) is 5.32 Å². The molecule has 0 saturated carbocycles. The number of nitrogens with zero attached hydrogens (tertiary/aromatic N) is 1. The molecule has 0 spiro atoms. The van der Waals surface area contributed by atoms with Crippen molar-refractivity contribution >= 4 is 17.3 Å². The Morgan fingerprint density at radius 1 is 1.55 bits per heavy atom. The molecular weight excluding hydrogens is 293 g/mol. The topological polar surface area (TPSA) is 94.1 Å². The molecular formula is C14H20FN3O4. The van der Waals surface area contributed by atoms with Crippen molar-refractivity contribution in [3.63, 3.8) is 0 Å². The van der Waals surface area contributed by atoms with Gasteiger partial charge in [-0.2, -0.15) is 0 Å². The van der Waals surface area contributed by atoms with Crippen molar-refractivity contribution in [2.24, 2.45) is 0 Å². The van der Waals surface area contributed by atoms with E-state index in [0.29, 0.717) is 12.2 Å². The molecule has 2 rings (SSSR count). The summed E-state index contributed by atoms with van der Waals surface area (Å²) in [6.07, 6.45) is -1.55. The van der Waals surface area contributed by atoms with E-state index in [4.69, 9.17) is 9.84 Å². The quantitative estimate of drug-likeness (QED) is 0.583. The highest BCUT2D eigenvalue weighted by atomic mass is 19.1. The molecule has 122 valence electrons. The molecule has 0 radical (unpaired) electrons. The van der Waals surface area contributed by atoms with Crippen molar-refractivity contribution in [1.29, 1.82) is 0 Å². The summed E-state index contributed by atoms with van der Waals surface area (Å²) in [4.78, 5) is 12.4. The lowest BCUT2D eigenvalue weighted by Crippen LogP contribution is -2.33. The Labute approximate surface area is 127 Å². The van der Waals surface area contributed by atoms with Gasteiger partial charge < -0.3 is 30.5 Å². The maximum atomic E-state index is 14.0. The van der Waals surface area contributed by atoms with Crippen LogP contribution >= 0.6 is 0 Å². The summed E-state index contributed by atoms with van der Waals surface area (Å²) in [6, 6.07) is 4.47. The molecule has 0 bridgehead atoms. The van der Waals surface area contributed by atoms with Crippen LogP contribution in [-0.4, -0.2) is 54.9 Å². The van der Waals surface area contributed by atoms with E-state index in [0.717, 1.165) is 0 Å². The smallest absolute Gasteiger partial charge is 0.238 e. The largest absolute Gasteiger partial charge is 0.395 e. The number of carbonyl (C=O) groups is 1. The molecule has 2 atom stereocenters. The zero-order chi connectivity index (χ0) is 16.1. The molecule has 1 saturated heterocycles. The SMILES string of the molecule is CC(=O)NC[C@H]1CN(c2ccc(NCCO)c(F)c2)C(O)O1. The fourth-order valence-electron chi connectivity index (χ4n) is 2.22. The monoisotopic (exact) mass is 313 g/mol. The normalized spacial score (nSPS) is 21.0. The Morgan fingerprint density at radius 3 is 2.95 bits per heavy atom. The number of benzene rings is 1. The lowest BCUT2D eigenvalue weighted by Gasteiger charge is -2.21. The summed E-state index contributed by atoms with van der Waals surface area (Å²) in [5.74, 6) is -0.662. The van der Waals surface area contributed by atoms with Crippen LogP contribution in [0.15, 0.2) is 18.2 Å². The third kappa shape index (κ3) is 4.06. The number of carbonyl (C=O) groups excluding carboxylic acids is 1. The van der Waals surface area contributed by atoms with Gasteiger partial charge in [0.1, 0.15) is 5.82 Å². The van der Waals surface area contributed by atoms with Crippen LogP contribution in [0.5, 0.6) is 0 Å². The van der Waals surface area contributed by atoms with Gasteiger partial charge in [-0.1, -0.05) is 0 Å². The molecule has 1 aliphatic heterocycles. The molecule has 7 nitrogen and oxygen atoms in total. The van der Waals surface area contributed by atoms with E-state index in [1.165, 1.54) is 24.0 Å². The van der Waals surface area contributed by atoms with Crippen LogP contribution in [0.2, 0.25) is 0 Å². The van der Waals surface area contributed by atoms with E-state index in [9.17, 15) is 14.3 Å². The fraction of sp³-hybridized carbons (Fsp3) is 0.500. The summed E-state index contributed by atoms with van der Waals surface area (Å²) < 4.78 is 19.3. The summed E-state index contributed by atoms with van der Waals surface area (Å²) in [5, 5.41) is 24.0. The van der Waals surface area contributed by atoms with E-state index in [-0.39, 0.29) is 37.4 Å². The number of hydrogen-bond donors (Lipinski definition) is 4. The van der Waals surface area contributed by atoms with Crippen molar-refractivity contribution < 1.29 is 24.1 Å². The Kier molecular flexibility index (Phi) is 5.53. The van der Waals surface area contributed by atoms with Crippen LogP contribution in [0.25, 0.3) is 0 Å². The van der Waals surface area contributed by atoms with E-state index in [1.54, 1.807) is 6.07 Å². The minimum absolute atomic E-state index is 0.0926. The second kappa shape index (κ2) is 7.39. The van der Waals surface area contributed by atoms with Crippen molar-refractivity contribution in [3.05, 3.63) is 24.0 Å². The molecule has 1 aromatic rings. The van der Waals surface area contributed by atoms with Crippen LogP contribution in [0, 0.1) is 5.82 Å². The third-order valence-electron chi connectivity index (χ3n) is 3.27.